The van der Waals surface area contributed by atoms with Crippen molar-refractivity contribution in [3.63, 3.8) is 0 Å². The summed E-state index contributed by atoms with van der Waals surface area (Å²) in [5, 5.41) is 0. The van der Waals surface area contributed by atoms with E-state index < -0.39 is 6.18 Å². The van der Waals surface area contributed by atoms with Crippen LogP contribution < -0.4 is 9.64 Å². The van der Waals surface area contributed by atoms with Gasteiger partial charge < -0.3 is 9.64 Å². The lowest BCUT2D eigenvalue weighted by Crippen LogP contribution is -2.33. The van der Waals surface area contributed by atoms with Gasteiger partial charge in [-0.25, -0.2) is 0 Å². The molecule has 0 aromatic heterocycles. The molecule has 0 N–H and O–H groups in total. The summed E-state index contributed by atoms with van der Waals surface area (Å²) in [6.07, 6.45) is 6.23. The summed E-state index contributed by atoms with van der Waals surface area (Å²) in [6, 6.07) is 16.1. The van der Waals surface area contributed by atoms with Gasteiger partial charge in [0.05, 0.1) is 0 Å². The molecule has 1 heterocycles. The molecule has 1 aliphatic rings. The van der Waals surface area contributed by atoms with E-state index in [0.29, 0.717) is 5.75 Å². The molecule has 32 heavy (non-hydrogen) atoms. The highest BCUT2D eigenvalue weighted by Gasteiger charge is 2.21. The molecule has 3 rings (SSSR count). The van der Waals surface area contributed by atoms with E-state index in [1.165, 1.54) is 50.6 Å². The van der Waals surface area contributed by atoms with E-state index in [1.54, 1.807) is 12.1 Å². The standard InChI is InChI=1S/C27H34F3NO/c1-2-3-4-5-7-22-16-19-31(20-17-22)25-12-8-23(9-13-25)24-10-14-26(15-11-24)32-21-6-18-27(28,29)30/h6,8-15,18,22H,2-5,7,16-17,19-21H2,1H3. The number of hydrogen-bond acceptors (Lipinski definition) is 2. The molecule has 2 nitrogen and oxygen atoms in total. The summed E-state index contributed by atoms with van der Waals surface area (Å²) >= 11 is 0. The van der Waals surface area contributed by atoms with Gasteiger partial charge in [0.2, 0.25) is 0 Å². The maximum atomic E-state index is 12.1. The highest BCUT2D eigenvalue weighted by Crippen LogP contribution is 2.29. The highest BCUT2D eigenvalue weighted by atomic mass is 19.4. The van der Waals surface area contributed by atoms with Gasteiger partial charge in [0.15, 0.2) is 0 Å². The first-order valence-electron chi connectivity index (χ1n) is 11.8. The van der Waals surface area contributed by atoms with E-state index in [9.17, 15) is 13.2 Å². The van der Waals surface area contributed by atoms with Gasteiger partial charge in [-0.2, -0.15) is 13.2 Å². The van der Waals surface area contributed by atoms with Crippen molar-refractivity contribution in [3.8, 4) is 16.9 Å². The number of nitrogens with zero attached hydrogens (tertiary/aromatic N) is 1. The van der Waals surface area contributed by atoms with Crippen molar-refractivity contribution >= 4 is 5.69 Å². The van der Waals surface area contributed by atoms with Crippen molar-refractivity contribution in [1.82, 2.24) is 0 Å². The fourth-order valence-electron chi connectivity index (χ4n) is 4.27. The SMILES string of the molecule is CCCCCCC1CCN(c2ccc(-c3ccc(OCC=CC(F)(F)F)cc3)cc2)CC1. The number of rotatable bonds is 10. The topological polar surface area (TPSA) is 12.5 Å². The Bertz CT molecular complexity index is 819. The van der Waals surface area contributed by atoms with Crippen molar-refractivity contribution in [1.29, 1.82) is 0 Å². The minimum atomic E-state index is -4.30. The van der Waals surface area contributed by atoms with E-state index in [2.05, 4.69) is 36.1 Å². The third-order valence-corrected chi connectivity index (χ3v) is 6.15. The number of halogens is 3. The van der Waals surface area contributed by atoms with Crippen molar-refractivity contribution in [3.05, 3.63) is 60.7 Å². The first-order chi connectivity index (χ1) is 15.4. The largest absolute Gasteiger partial charge is 0.490 e. The maximum Gasteiger partial charge on any atom is 0.409 e. The summed E-state index contributed by atoms with van der Waals surface area (Å²) in [6.45, 7) is 4.42. The predicted octanol–water partition coefficient (Wildman–Crippen LogP) is 8.04. The van der Waals surface area contributed by atoms with Gasteiger partial charge in [0.25, 0.3) is 0 Å². The van der Waals surface area contributed by atoms with E-state index in [1.807, 2.05) is 12.1 Å². The van der Waals surface area contributed by atoms with Crippen molar-refractivity contribution in [2.45, 2.75) is 58.0 Å². The zero-order valence-corrected chi connectivity index (χ0v) is 18.9. The van der Waals surface area contributed by atoms with E-state index in [0.717, 1.165) is 36.2 Å². The molecule has 0 saturated carbocycles. The van der Waals surface area contributed by atoms with Gasteiger partial charge in [-0.15, -0.1) is 0 Å². The summed E-state index contributed by atoms with van der Waals surface area (Å²) in [4.78, 5) is 2.48. The van der Waals surface area contributed by atoms with Gasteiger partial charge in [0.1, 0.15) is 12.4 Å². The Morgan fingerprint density at radius 1 is 0.906 bits per heavy atom. The van der Waals surface area contributed by atoms with Crippen LogP contribution >= 0.6 is 0 Å². The number of anilines is 1. The molecule has 1 aliphatic heterocycles. The molecule has 0 atom stereocenters. The minimum Gasteiger partial charge on any atom is -0.490 e. The van der Waals surface area contributed by atoms with Crippen LogP contribution in [0.15, 0.2) is 60.7 Å². The molecule has 5 heteroatoms. The zero-order valence-electron chi connectivity index (χ0n) is 18.9. The summed E-state index contributed by atoms with van der Waals surface area (Å²) < 4.78 is 41.7. The van der Waals surface area contributed by atoms with Crippen LogP contribution in [0.2, 0.25) is 0 Å². The molecule has 0 radical (unpaired) electrons. The zero-order chi connectivity index (χ0) is 22.8. The normalized spacial score (nSPS) is 15.4. The van der Waals surface area contributed by atoms with E-state index in [4.69, 9.17) is 4.74 Å². The second-order valence-corrected chi connectivity index (χ2v) is 8.61. The molecular formula is C27H34F3NO. The van der Waals surface area contributed by atoms with E-state index >= 15 is 0 Å². The van der Waals surface area contributed by atoms with Crippen LogP contribution in [0, 0.1) is 5.92 Å². The summed E-state index contributed by atoms with van der Waals surface area (Å²) in [7, 11) is 0. The van der Waals surface area contributed by atoms with Crippen LogP contribution in [0.3, 0.4) is 0 Å². The first kappa shape index (κ1) is 24.2. The van der Waals surface area contributed by atoms with Gasteiger partial charge in [0, 0.05) is 24.9 Å². The van der Waals surface area contributed by atoms with Crippen LogP contribution in [0.4, 0.5) is 18.9 Å². The third kappa shape index (κ3) is 7.92. The molecule has 0 spiro atoms. The molecule has 0 aliphatic carbocycles. The Kier molecular flexibility index (Phi) is 9.07. The number of unbranched alkanes of at least 4 members (excludes halogenated alkanes) is 3. The van der Waals surface area contributed by atoms with Crippen molar-refractivity contribution in [2.75, 3.05) is 24.6 Å². The Hall–Kier alpha value is -2.43. The van der Waals surface area contributed by atoms with Crippen LogP contribution in [0.5, 0.6) is 5.75 Å². The third-order valence-electron chi connectivity index (χ3n) is 6.15. The average Bonchev–Trinajstić information content (AvgIpc) is 2.80. The summed E-state index contributed by atoms with van der Waals surface area (Å²) in [5.41, 5.74) is 3.44. The maximum absolute atomic E-state index is 12.1. The molecule has 0 amide bonds. The van der Waals surface area contributed by atoms with Crippen LogP contribution in [-0.2, 0) is 0 Å². The Morgan fingerprint density at radius 3 is 2.12 bits per heavy atom. The molecule has 174 valence electrons. The lowest BCUT2D eigenvalue weighted by atomic mass is 9.91. The van der Waals surface area contributed by atoms with Crippen LogP contribution in [-0.4, -0.2) is 25.9 Å². The molecule has 2 aromatic carbocycles. The van der Waals surface area contributed by atoms with Crippen LogP contribution in [0.25, 0.3) is 11.1 Å². The molecule has 0 unspecified atom stereocenters. The predicted molar refractivity (Wildman–Crippen MR) is 126 cm³/mol. The molecular weight excluding hydrogens is 411 g/mol. The Labute approximate surface area is 190 Å². The van der Waals surface area contributed by atoms with E-state index in [-0.39, 0.29) is 12.7 Å². The number of piperidine rings is 1. The molecule has 1 fully saturated rings. The second kappa shape index (κ2) is 12.0. The second-order valence-electron chi connectivity index (χ2n) is 8.61. The monoisotopic (exact) mass is 445 g/mol. The Morgan fingerprint density at radius 2 is 1.53 bits per heavy atom. The molecule has 2 aromatic rings. The Balaban J connectivity index is 1.47. The first-order valence-corrected chi connectivity index (χ1v) is 11.8. The van der Waals surface area contributed by atoms with Crippen LogP contribution in [0.1, 0.15) is 51.9 Å². The minimum absolute atomic E-state index is 0.108. The number of benzene rings is 2. The molecule has 0 bridgehead atoms. The number of hydrogen-bond donors (Lipinski definition) is 0. The van der Waals surface area contributed by atoms with Gasteiger partial charge in [-0.1, -0.05) is 63.3 Å². The van der Waals surface area contributed by atoms with Gasteiger partial charge in [-0.3, -0.25) is 0 Å². The highest BCUT2D eigenvalue weighted by molar-refractivity contribution is 5.67. The average molecular weight is 446 g/mol. The summed E-state index contributed by atoms with van der Waals surface area (Å²) in [5.74, 6) is 1.43. The fourth-order valence-corrected chi connectivity index (χ4v) is 4.27. The number of allylic oxidation sites excluding steroid dienone is 1. The number of alkyl halides is 3. The van der Waals surface area contributed by atoms with Crippen molar-refractivity contribution < 1.29 is 17.9 Å². The molecule has 1 saturated heterocycles. The fraction of sp³-hybridized carbons (Fsp3) is 0.481. The van der Waals surface area contributed by atoms with Gasteiger partial charge in [-0.05, 0) is 60.2 Å². The quantitative estimate of drug-likeness (QED) is 0.271. The van der Waals surface area contributed by atoms with Crippen molar-refractivity contribution in [2.24, 2.45) is 5.92 Å². The van der Waals surface area contributed by atoms with Gasteiger partial charge >= 0.3 is 6.18 Å². The lowest BCUT2D eigenvalue weighted by Gasteiger charge is -2.33. The number of ether oxygens (including phenoxy) is 1. The lowest BCUT2D eigenvalue weighted by molar-refractivity contribution is -0.0801. The smallest absolute Gasteiger partial charge is 0.409 e.